The minimum atomic E-state index is -0.449. The van der Waals surface area contributed by atoms with Crippen LogP contribution in [0.15, 0.2) is 0 Å². The van der Waals surface area contributed by atoms with Crippen molar-refractivity contribution < 1.29 is 23.9 Å². The first kappa shape index (κ1) is 26.6. The van der Waals surface area contributed by atoms with Crippen LogP contribution in [0.3, 0.4) is 0 Å². The van der Waals surface area contributed by atoms with Crippen molar-refractivity contribution >= 4 is 17.7 Å². The van der Waals surface area contributed by atoms with Crippen LogP contribution in [0.2, 0.25) is 0 Å². The van der Waals surface area contributed by atoms with Crippen LogP contribution in [-0.4, -0.2) is 30.9 Å². The summed E-state index contributed by atoms with van der Waals surface area (Å²) in [5.41, 5.74) is -0.402. The van der Waals surface area contributed by atoms with Gasteiger partial charge in [-0.1, -0.05) is 26.7 Å². The van der Waals surface area contributed by atoms with Gasteiger partial charge < -0.3 is 9.47 Å². The first-order chi connectivity index (χ1) is 13.0. The molecule has 0 N–H and O–H groups in total. The molecule has 5 nitrogen and oxygen atoms in total. The normalized spacial score (nSPS) is 11.9. The van der Waals surface area contributed by atoms with Crippen LogP contribution >= 0.6 is 0 Å². The molecule has 0 heterocycles. The average Bonchev–Trinajstić information content (AvgIpc) is 2.60. The van der Waals surface area contributed by atoms with E-state index in [4.69, 9.17) is 9.47 Å². The summed E-state index contributed by atoms with van der Waals surface area (Å²) in [5, 5.41) is 0. The molecule has 0 bridgehead atoms. The molecule has 0 saturated heterocycles. The van der Waals surface area contributed by atoms with Crippen LogP contribution in [0.1, 0.15) is 106 Å². The molecule has 0 radical (unpaired) electrons. The smallest absolute Gasteiger partial charge is 0.311 e. The van der Waals surface area contributed by atoms with Gasteiger partial charge in [0.1, 0.15) is 5.78 Å². The lowest BCUT2D eigenvalue weighted by atomic mass is 9.82. The summed E-state index contributed by atoms with van der Waals surface area (Å²) in [4.78, 5) is 35.4. The molecule has 0 aliphatic heterocycles. The maximum Gasteiger partial charge on any atom is 0.311 e. The number of carbonyl (C=O) groups excluding carboxylic acids is 3. The highest BCUT2D eigenvalue weighted by Crippen LogP contribution is 2.29. The molecule has 0 aromatic rings. The molecule has 28 heavy (non-hydrogen) atoms. The minimum Gasteiger partial charge on any atom is -0.466 e. The Balaban J connectivity index is 3.87. The van der Waals surface area contributed by atoms with Gasteiger partial charge in [-0.15, -0.1) is 0 Å². The molecule has 0 aliphatic rings. The zero-order valence-corrected chi connectivity index (χ0v) is 19.0. The van der Waals surface area contributed by atoms with Crippen LogP contribution in [0, 0.1) is 10.8 Å². The van der Waals surface area contributed by atoms with Crippen molar-refractivity contribution in [2.24, 2.45) is 10.8 Å². The highest BCUT2D eigenvalue weighted by atomic mass is 16.5. The molecule has 5 heteroatoms. The molecule has 0 atom stereocenters. The Morgan fingerprint density at radius 3 is 1.89 bits per heavy atom. The van der Waals surface area contributed by atoms with Crippen LogP contribution in [-0.2, 0) is 23.9 Å². The summed E-state index contributed by atoms with van der Waals surface area (Å²) in [6.07, 6.45) is 7.81. The van der Waals surface area contributed by atoms with Gasteiger partial charge in [-0.25, -0.2) is 0 Å². The van der Waals surface area contributed by atoms with E-state index in [1.54, 1.807) is 0 Å². The monoisotopic (exact) mass is 398 g/mol. The molecular weight excluding hydrogens is 356 g/mol. The van der Waals surface area contributed by atoms with Gasteiger partial charge in [0, 0.05) is 19.3 Å². The van der Waals surface area contributed by atoms with Gasteiger partial charge in [0.15, 0.2) is 0 Å². The lowest BCUT2D eigenvalue weighted by Gasteiger charge is -2.24. The third-order valence-electron chi connectivity index (χ3n) is 5.21. The Labute approximate surface area is 171 Å². The second-order valence-electron chi connectivity index (χ2n) is 9.03. The number of Topliss-reactive ketones (excluding diaryl/α,β-unsaturated/α-hetero) is 1. The fourth-order valence-corrected chi connectivity index (χ4v) is 3.18. The molecule has 0 amide bonds. The van der Waals surface area contributed by atoms with E-state index in [1.807, 2.05) is 27.7 Å². The van der Waals surface area contributed by atoms with Crippen molar-refractivity contribution in [3.8, 4) is 0 Å². The second-order valence-corrected chi connectivity index (χ2v) is 9.03. The summed E-state index contributed by atoms with van der Waals surface area (Å²) < 4.78 is 10.1. The van der Waals surface area contributed by atoms with E-state index in [-0.39, 0.29) is 17.4 Å². The molecule has 164 valence electrons. The molecule has 0 aliphatic carbocycles. The lowest BCUT2D eigenvalue weighted by Crippen LogP contribution is -2.26. The van der Waals surface area contributed by atoms with Crippen LogP contribution in [0.4, 0.5) is 0 Å². The maximum absolute atomic E-state index is 12.1. The topological polar surface area (TPSA) is 69.7 Å². The third-order valence-corrected chi connectivity index (χ3v) is 5.21. The standard InChI is InChI=1S/C23H42O5/c1-7-27-20(25)15-18-22(3,4)16-12-14-19(24)13-10-9-11-17-23(5,6)21(26)28-8-2/h7-18H2,1-6H3. The zero-order chi connectivity index (χ0) is 21.6. The highest BCUT2D eigenvalue weighted by molar-refractivity contribution is 5.78. The second kappa shape index (κ2) is 13.7. The third kappa shape index (κ3) is 12.9. The van der Waals surface area contributed by atoms with Gasteiger partial charge >= 0.3 is 11.9 Å². The van der Waals surface area contributed by atoms with Gasteiger partial charge in [0.25, 0.3) is 0 Å². The van der Waals surface area contributed by atoms with E-state index in [1.165, 1.54) is 0 Å². The van der Waals surface area contributed by atoms with E-state index in [2.05, 4.69) is 13.8 Å². The Kier molecular flexibility index (Phi) is 13.0. The Morgan fingerprint density at radius 2 is 1.29 bits per heavy atom. The molecule has 0 aromatic carbocycles. The first-order valence-electron chi connectivity index (χ1n) is 10.9. The number of ketones is 1. The molecule has 0 rings (SSSR count). The van der Waals surface area contributed by atoms with Gasteiger partial charge in [-0.3, -0.25) is 14.4 Å². The quantitative estimate of drug-likeness (QED) is 0.249. The van der Waals surface area contributed by atoms with Crippen LogP contribution in [0.25, 0.3) is 0 Å². The zero-order valence-electron chi connectivity index (χ0n) is 19.0. The van der Waals surface area contributed by atoms with Crippen molar-refractivity contribution in [2.45, 2.75) is 106 Å². The molecule has 0 unspecified atom stereocenters. The van der Waals surface area contributed by atoms with E-state index in [0.29, 0.717) is 38.3 Å². The van der Waals surface area contributed by atoms with Crippen molar-refractivity contribution in [3.05, 3.63) is 0 Å². The van der Waals surface area contributed by atoms with Gasteiger partial charge in [-0.2, -0.15) is 0 Å². The van der Waals surface area contributed by atoms with E-state index < -0.39 is 5.41 Å². The minimum absolute atomic E-state index is 0.0473. The predicted molar refractivity (Wildman–Crippen MR) is 112 cm³/mol. The molecule has 0 saturated carbocycles. The van der Waals surface area contributed by atoms with Crippen molar-refractivity contribution in [2.75, 3.05) is 13.2 Å². The van der Waals surface area contributed by atoms with Crippen LogP contribution < -0.4 is 0 Å². The van der Waals surface area contributed by atoms with E-state index in [0.717, 1.165) is 44.9 Å². The van der Waals surface area contributed by atoms with Gasteiger partial charge in [0.05, 0.1) is 18.6 Å². The Hall–Kier alpha value is -1.39. The van der Waals surface area contributed by atoms with Crippen molar-refractivity contribution in [1.82, 2.24) is 0 Å². The molecular formula is C23H42O5. The number of hydrogen-bond acceptors (Lipinski definition) is 5. The number of hydrogen-bond donors (Lipinski definition) is 0. The summed E-state index contributed by atoms with van der Waals surface area (Å²) in [7, 11) is 0. The maximum atomic E-state index is 12.1. The first-order valence-corrected chi connectivity index (χ1v) is 10.9. The van der Waals surface area contributed by atoms with E-state index in [9.17, 15) is 14.4 Å². The van der Waals surface area contributed by atoms with Crippen molar-refractivity contribution in [1.29, 1.82) is 0 Å². The fraction of sp³-hybridized carbons (Fsp3) is 0.870. The number of unbranched alkanes of at least 4 members (excludes halogenated alkanes) is 2. The summed E-state index contributed by atoms with van der Waals surface area (Å²) in [6.45, 7) is 12.6. The fourth-order valence-electron chi connectivity index (χ4n) is 3.18. The van der Waals surface area contributed by atoms with E-state index >= 15 is 0 Å². The average molecular weight is 399 g/mol. The SMILES string of the molecule is CCOC(=O)CCC(C)(C)CCCC(=O)CCCCCC(C)(C)C(=O)OCC. The number of carbonyl (C=O) groups is 3. The van der Waals surface area contributed by atoms with Gasteiger partial charge in [0.2, 0.25) is 0 Å². The summed E-state index contributed by atoms with van der Waals surface area (Å²) in [6, 6.07) is 0. The van der Waals surface area contributed by atoms with Crippen molar-refractivity contribution in [3.63, 3.8) is 0 Å². The molecule has 0 spiro atoms. The number of ether oxygens (including phenoxy) is 2. The van der Waals surface area contributed by atoms with Crippen LogP contribution in [0.5, 0.6) is 0 Å². The molecule has 0 aromatic heterocycles. The molecule has 0 fully saturated rings. The number of rotatable bonds is 16. The summed E-state index contributed by atoms with van der Waals surface area (Å²) >= 11 is 0. The predicted octanol–water partition coefficient (Wildman–Crippen LogP) is 5.64. The van der Waals surface area contributed by atoms with Gasteiger partial charge in [-0.05, 0) is 65.2 Å². The lowest BCUT2D eigenvalue weighted by molar-refractivity contribution is -0.153. The highest BCUT2D eigenvalue weighted by Gasteiger charge is 2.28. The largest absolute Gasteiger partial charge is 0.466 e. The summed E-state index contributed by atoms with van der Waals surface area (Å²) in [5.74, 6) is 0.0280. The number of esters is 2. The Morgan fingerprint density at radius 1 is 0.679 bits per heavy atom. The Bertz CT molecular complexity index is 479.